The summed E-state index contributed by atoms with van der Waals surface area (Å²) in [6.45, 7) is 4.37. The minimum absolute atomic E-state index is 0.144. The average molecular weight is 382 g/mol. The molecule has 0 unspecified atom stereocenters. The summed E-state index contributed by atoms with van der Waals surface area (Å²) >= 11 is 1.27. The Morgan fingerprint density at radius 2 is 1.89 bits per heavy atom. The molecule has 0 saturated carbocycles. The number of hydrogen-bond acceptors (Lipinski definition) is 5. The molecule has 0 aliphatic carbocycles. The van der Waals surface area contributed by atoms with Crippen LogP contribution >= 0.6 is 11.8 Å². The molecular formula is C20H22N4O2S. The Labute approximate surface area is 162 Å². The number of nitrogens with two attached hydrogens (primary N) is 1. The zero-order valence-electron chi connectivity index (χ0n) is 15.4. The van der Waals surface area contributed by atoms with E-state index in [9.17, 15) is 4.79 Å². The minimum Gasteiger partial charge on any atom is -0.485 e. The second-order valence-electron chi connectivity index (χ2n) is 6.03. The number of rotatable bonds is 8. The zero-order chi connectivity index (χ0) is 19.2. The molecule has 1 heterocycles. The van der Waals surface area contributed by atoms with Gasteiger partial charge in [-0.3, -0.25) is 9.36 Å². The van der Waals surface area contributed by atoms with E-state index in [0.29, 0.717) is 11.0 Å². The van der Waals surface area contributed by atoms with Crippen molar-refractivity contribution >= 4 is 17.7 Å². The van der Waals surface area contributed by atoms with Crippen LogP contribution in [0.1, 0.15) is 23.9 Å². The number of carbonyl (C=O) groups excluding carboxylic acids is 1. The summed E-state index contributed by atoms with van der Waals surface area (Å²) in [5, 5.41) is 9.19. The molecule has 6 nitrogen and oxygen atoms in total. The predicted molar refractivity (Wildman–Crippen MR) is 106 cm³/mol. The maximum Gasteiger partial charge on any atom is 0.227 e. The van der Waals surface area contributed by atoms with Crippen LogP contribution in [0.2, 0.25) is 0 Å². The third kappa shape index (κ3) is 4.49. The molecule has 140 valence electrons. The second-order valence-corrected chi connectivity index (χ2v) is 6.97. The highest BCUT2D eigenvalue weighted by atomic mass is 32.2. The molecule has 0 bridgehead atoms. The van der Waals surface area contributed by atoms with Gasteiger partial charge in [0.25, 0.3) is 0 Å². The topological polar surface area (TPSA) is 83.0 Å². The maximum absolute atomic E-state index is 11.2. The molecule has 0 aliphatic heterocycles. The molecule has 2 aromatic carbocycles. The van der Waals surface area contributed by atoms with Crippen molar-refractivity contribution in [1.82, 2.24) is 14.8 Å². The van der Waals surface area contributed by atoms with Gasteiger partial charge in [0, 0.05) is 0 Å². The van der Waals surface area contributed by atoms with Crippen LogP contribution in [0.25, 0.3) is 5.69 Å². The first-order valence-electron chi connectivity index (χ1n) is 8.72. The molecule has 0 atom stereocenters. The molecule has 0 spiro atoms. The van der Waals surface area contributed by atoms with Crippen molar-refractivity contribution in [3.05, 3.63) is 65.5 Å². The maximum atomic E-state index is 11.2. The summed E-state index contributed by atoms with van der Waals surface area (Å²) in [5.41, 5.74) is 8.51. The van der Waals surface area contributed by atoms with Crippen LogP contribution in [0.5, 0.6) is 5.75 Å². The van der Waals surface area contributed by atoms with Crippen molar-refractivity contribution in [1.29, 1.82) is 0 Å². The number of hydrogen-bond donors (Lipinski definition) is 1. The van der Waals surface area contributed by atoms with Gasteiger partial charge in [-0.15, -0.1) is 10.2 Å². The molecule has 0 saturated heterocycles. The van der Waals surface area contributed by atoms with Gasteiger partial charge in [0.15, 0.2) is 11.0 Å². The third-order valence-corrected chi connectivity index (χ3v) is 5.06. The number of para-hydroxylation sites is 2. The minimum atomic E-state index is -0.393. The molecule has 0 radical (unpaired) electrons. The smallest absolute Gasteiger partial charge is 0.227 e. The van der Waals surface area contributed by atoms with E-state index in [-0.39, 0.29) is 12.4 Å². The molecule has 2 N–H and O–H groups in total. The van der Waals surface area contributed by atoms with Gasteiger partial charge < -0.3 is 10.5 Å². The van der Waals surface area contributed by atoms with Crippen LogP contribution in [-0.4, -0.2) is 26.4 Å². The fraction of sp³-hybridized carbons (Fsp3) is 0.250. The molecule has 0 fully saturated rings. The Bertz CT molecular complexity index is 939. The van der Waals surface area contributed by atoms with Gasteiger partial charge in [0.2, 0.25) is 5.91 Å². The van der Waals surface area contributed by atoms with E-state index in [4.69, 9.17) is 10.5 Å². The fourth-order valence-electron chi connectivity index (χ4n) is 2.75. The quantitative estimate of drug-likeness (QED) is 0.605. The van der Waals surface area contributed by atoms with Crippen molar-refractivity contribution in [3.63, 3.8) is 0 Å². The first-order valence-corrected chi connectivity index (χ1v) is 9.70. The number of amides is 1. The molecule has 27 heavy (non-hydrogen) atoms. The van der Waals surface area contributed by atoms with Crippen LogP contribution in [0.3, 0.4) is 0 Å². The third-order valence-electron chi connectivity index (χ3n) is 4.11. The van der Waals surface area contributed by atoms with Gasteiger partial charge in [-0.1, -0.05) is 55.1 Å². The van der Waals surface area contributed by atoms with Gasteiger partial charge in [0.05, 0.1) is 11.4 Å². The highest BCUT2D eigenvalue weighted by Gasteiger charge is 2.18. The normalized spacial score (nSPS) is 10.7. The number of benzene rings is 2. The standard InChI is InChI=1S/C20H22N4O2S/c1-3-15-9-5-6-10-16(15)24-19(22-23-20(24)27-13-18(21)25)12-26-17-11-7-4-8-14(17)2/h4-11H,3,12-13H2,1-2H3,(H2,21,25). The second kappa shape index (κ2) is 8.73. The van der Waals surface area contributed by atoms with E-state index in [1.807, 2.05) is 54.0 Å². The van der Waals surface area contributed by atoms with Gasteiger partial charge in [0.1, 0.15) is 12.4 Å². The summed E-state index contributed by atoms with van der Waals surface area (Å²) in [6.07, 6.45) is 0.867. The molecule has 3 aromatic rings. The highest BCUT2D eigenvalue weighted by molar-refractivity contribution is 7.99. The summed E-state index contributed by atoms with van der Waals surface area (Å²) in [7, 11) is 0. The lowest BCUT2D eigenvalue weighted by molar-refractivity contribution is -0.115. The van der Waals surface area contributed by atoms with Gasteiger partial charge in [-0.05, 0) is 36.6 Å². The van der Waals surface area contributed by atoms with Crippen molar-refractivity contribution in [3.8, 4) is 11.4 Å². The van der Waals surface area contributed by atoms with Crippen LogP contribution in [0.4, 0.5) is 0 Å². The summed E-state index contributed by atoms with van der Waals surface area (Å²) in [4.78, 5) is 11.2. The molecule has 7 heteroatoms. The number of aryl methyl sites for hydroxylation is 2. The summed E-state index contributed by atoms with van der Waals surface area (Å²) in [5.74, 6) is 1.23. The Hall–Kier alpha value is -2.80. The van der Waals surface area contributed by atoms with Crippen molar-refractivity contribution < 1.29 is 9.53 Å². The highest BCUT2D eigenvalue weighted by Crippen LogP contribution is 2.26. The lowest BCUT2D eigenvalue weighted by Crippen LogP contribution is -2.14. The SMILES string of the molecule is CCc1ccccc1-n1c(COc2ccccc2C)nnc1SCC(N)=O. The Morgan fingerprint density at radius 3 is 2.63 bits per heavy atom. The number of carbonyl (C=O) groups is 1. The van der Waals surface area contributed by atoms with E-state index in [1.54, 1.807) is 0 Å². The lowest BCUT2D eigenvalue weighted by Gasteiger charge is -2.14. The zero-order valence-corrected chi connectivity index (χ0v) is 16.2. The Balaban J connectivity index is 1.96. The van der Waals surface area contributed by atoms with E-state index in [2.05, 4.69) is 23.2 Å². The monoisotopic (exact) mass is 382 g/mol. The molecule has 3 rings (SSSR count). The number of primary amides is 1. The first-order chi connectivity index (χ1) is 13.1. The summed E-state index contributed by atoms with van der Waals surface area (Å²) < 4.78 is 7.92. The lowest BCUT2D eigenvalue weighted by atomic mass is 10.1. The number of aromatic nitrogens is 3. The van der Waals surface area contributed by atoms with Gasteiger partial charge in [-0.2, -0.15) is 0 Å². The van der Waals surface area contributed by atoms with Gasteiger partial charge >= 0.3 is 0 Å². The van der Waals surface area contributed by atoms with Crippen molar-refractivity contribution in [2.75, 3.05) is 5.75 Å². The van der Waals surface area contributed by atoms with Crippen molar-refractivity contribution in [2.45, 2.75) is 32.0 Å². The van der Waals surface area contributed by atoms with Crippen LogP contribution in [0, 0.1) is 6.92 Å². The molecular weight excluding hydrogens is 360 g/mol. The summed E-state index contributed by atoms with van der Waals surface area (Å²) in [6, 6.07) is 15.9. The number of nitrogens with zero attached hydrogens (tertiary/aromatic N) is 3. The number of thioether (sulfide) groups is 1. The Kier molecular flexibility index (Phi) is 6.13. The fourth-order valence-corrected chi connectivity index (χ4v) is 3.46. The van der Waals surface area contributed by atoms with E-state index >= 15 is 0 Å². The van der Waals surface area contributed by atoms with Crippen LogP contribution < -0.4 is 10.5 Å². The number of ether oxygens (including phenoxy) is 1. The van der Waals surface area contributed by atoms with Crippen LogP contribution in [0.15, 0.2) is 53.7 Å². The first kappa shape index (κ1) is 19.0. The van der Waals surface area contributed by atoms with Gasteiger partial charge in [-0.25, -0.2) is 0 Å². The van der Waals surface area contributed by atoms with Crippen LogP contribution in [-0.2, 0) is 17.8 Å². The molecule has 1 aromatic heterocycles. The van der Waals surface area contributed by atoms with E-state index in [0.717, 1.165) is 29.0 Å². The van der Waals surface area contributed by atoms with Crippen molar-refractivity contribution in [2.24, 2.45) is 5.73 Å². The molecule has 1 amide bonds. The average Bonchev–Trinajstić information content (AvgIpc) is 3.08. The van der Waals surface area contributed by atoms with E-state index in [1.165, 1.54) is 11.8 Å². The van der Waals surface area contributed by atoms with E-state index < -0.39 is 5.91 Å². The largest absolute Gasteiger partial charge is 0.485 e. The Morgan fingerprint density at radius 1 is 1.15 bits per heavy atom. The predicted octanol–water partition coefficient (Wildman–Crippen LogP) is 3.29. The molecule has 0 aliphatic rings.